The molecule has 1 aromatic heterocycles. The summed E-state index contributed by atoms with van der Waals surface area (Å²) in [6, 6.07) is 7.98. The zero-order valence-electron chi connectivity index (χ0n) is 10.1. The molecule has 0 aliphatic rings. The van der Waals surface area contributed by atoms with E-state index in [0.717, 1.165) is 0 Å². The van der Waals surface area contributed by atoms with Gasteiger partial charge in [0.1, 0.15) is 0 Å². The number of rotatable bonds is 3. The maximum absolute atomic E-state index is 11.8. The number of benzene rings is 1. The van der Waals surface area contributed by atoms with Gasteiger partial charge in [-0.1, -0.05) is 11.6 Å². The molecule has 0 unspecified atom stereocenters. The van der Waals surface area contributed by atoms with Crippen LogP contribution in [0.15, 0.2) is 41.0 Å². The molecule has 2 amide bonds. The van der Waals surface area contributed by atoms with Crippen LogP contribution in [0.4, 0.5) is 11.4 Å². The van der Waals surface area contributed by atoms with E-state index in [4.69, 9.17) is 16.0 Å². The van der Waals surface area contributed by atoms with E-state index in [-0.39, 0.29) is 17.6 Å². The van der Waals surface area contributed by atoms with Crippen LogP contribution in [0.3, 0.4) is 0 Å². The van der Waals surface area contributed by atoms with Crippen LogP contribution in [0.5, 0.6) is 0 Å². The Balaban J connectivity index is 2.17. The summed E-state index contributed by atoms with van der Waals surface area (Å²) in [7, 11) is 0. The van der Waals surface area contributed by atoms with E-state index in [1.54, 1.807) is 30.3 Å². The van der Waals surface area contributed by atoms with Crippen molar-refractivity contribution in [2.24, 2.45) is 0 Å². The number of halogens is 1. The fourth-order valence-corrected chi connectivity index (χ4v) is 1.65. The van der Waals surface area contributed by atoms with E-state index >= 15 is 0 Å². The van der Waals surface area contributed by atoms with Crippen LogP contribution in [0.25, 0.3) is 0 Å². The Morgan fingerprint density at radius 1 is 1.21 bits per heavy atom. The van der Waals surface area contributed by atoms with Gasteiger partial charge < -0.3 is 15.1 Å². The van der Waals surface area contributed by atoms with Crippen molar-refractivity contribution in [3.8, 4) is 0 Å². The largest absolute Gasteiger partial charge is 0.459 e. The minimum Gasteiger partial charge on any atom is -0.459 e. The Morgan fingerprint density at radius 2 is 2.00 bits per heavy atom. The SMILES string of the molecule is CC(=O)Nc1cc(NC(=O)c2ccco2)ccc1Cl. The number of amides is 2. The Morgan fingerprint density at radius 3 is 2.63 bits per heavy atom. The van der Waals surface area contributed by atoms with E-state index in [0.29, 0.717) is 16.4 Å². The first kappa shape index (κ1) is 13.2. The molecule has 0 bridgehead atoms. The minimum absolute atomic E-state index is 0.205. The van der Waals surface area contributed by atoms with Crippen LogP contribution >= 0.6 is 11.6 Å². The lowest BCUT2D eigenvalue weighted by molar-refractivity contribution is -0.114. The molecule has 19 heavy (non-hydrogen) atoms. The fourth-order valence-electron chi connectivity index (χ4n) is 1.49. The highest BCUT2D eigenvalue weighted by atomic mass is 35.5. The molecule has 1 aromatic carbocycles. The lowest BCUT2D eigenvalue weighted by atomic mass is 10.2. The summed E-state index contributed by atoms with van der Waals surface area (Å²) in [5, 5.41) is 5.61. The third kappa shape index (κ3) is 3.35. The Kier molecular flexibility index (Phi) is 3.87. The molecule has 2 aromatic rings. The van der Waals surface area contributed by atoms with Crippen LogP contribution in [0.1, 0.15) is 17.5 Å². The average molecular weight is 279 g/mol. The second-order valence-corrected chi connectivity index (χ2v) is 4.21. The third-order valence-corrected chi connectivity index (χ3v) is 2.61. The van der Waals surface area contributed by atoms with Gasteiger partial charge in [0, 0.05) is 12.6 Å². The van der Waals surface area contributed by atoms with Crippen LogP contribution in [-0.4, -0.2) is 11.8 Å². The van der Waals surface area contributed by atoms with Gasteiger partial charge in [0.25, 0.3) is 5.91 Å². The summed E-state index contributed by atoms with van der Waals surface area (Å²) in [6.07, 6.45) is 1.42. The molecule has 6 heteroatoms. The smallest absolute Gasteiger partial charge is 0.291 e. The molecule has 1 heterocycles. The first-order valence-electron chi connectivity index (χ1n) is 5.48. The topological polar surface area (TPSA) is 71.3 Å². The Labute approximate surface area is 114 Å². The third-order valence-electron chi connectivity index (χ3n) is 2.28. The minimum atomic E-state index is -0.374. The predicted molar refractivity (Wildman–Crippen MR) is 72.4 cm³/mol. The van der Waals surface area contributed by atoms with E-state index in [2.05, 4.69) is 10.6 Å². The molecule has 0 atom stereocenters. The van der Waals surface area contributed by atoms with Gasteiger partial charge in [0.05, 0.1) is 17.0 Å². The first-order chi connectivity index (χ1) is 9.06. The highest BCUT2D eigenvalue weighted by molar-refractivity contribution is 6.33. The summed E-state index contributed by atoms with van der Waals surface area (Å²) in [5.41, 5.74) is 0.945. The number of anilines is 2. The van der Waals surface area contributed by atoms with Crippen molar-refractivity contribution < 1.29 is 14.0 Å². The van der Waals surface area contributed by atoms with Crippen molar-refractivity contribution in [2.75, 3.05) is 10.6 Å². The second-order valence-electron chi connectivity index (χ2n) is 3.81. The van der Waals surface area contributed by atoms with E-state index in [1.807, 2.05) is 0 Å². The molecule has 98 valence electrons. The molecule has 0 aliphatic heterocycles. The van der Waals surface area contributed by atoms with Crippen LogP contribution in [0, 0.1) is 0 Å². The number of carbonyl (C=O) groups is 2. The number of nitrogens with one attached hydrogen (secondary N) is 2. The van der Waals surface area contributed by atoms with Crippen LogP contribution < -0.4 is 10.6 Å². The molecule has 0 aliphatic carbocycles. The zero-order valence-corrected chi connectivity index (χ0v) is 10.8. The second kappa shape index (κ2) is 5.58. The Hall–Kier alpha value is -2.27. The molecule has 2 N–H and O–H groups in total. The standard InChI is InChI=1S/C13H11ClN2O3/c1-8(17)15-11-7-9(4-5-10(11)14)16-13(18)12-3-2-6-19-12/h2-7H,1H3,(H,15,17)(H,16,18). The van der Waals surface area contributed by atoms with Gasteiger partial charge in [-0.3, -0.25) is 9.59 Å². The molecule has 0 fully saturated rings. The molecule has 0 spiro atoms. The summed E-state index contributed by atoms with van der Waals surface area (Å²) >= 11 is 5.93. The molecule has 0 saturated carbocycles. The van der Waals surface area contributed by atoms with Crippen LogP contribution in [-0.2, 0) is 4.79 Å². The monoisotopic (exact) mass is 278 g/mol. The average Bonchev–Trinajstić information content (AvgIpc) is 2.86. The lowest BCUT2D eigenvalue weighted by Crippen LogP contribution is -2.12. The molecule has 2 rings (SSSR count). The fraction of sp³-hybridized carbons (Fsp3) is 0.0769. The molecule has 0 saturated heterocycles. The highest BCUT2D eigenvalue weighted by Crippen LogP contribution is 2.25. The van der Waals surface area contributed by atoms with Crippen LogP contribution in [0.2, 0.25) is 5.02 Å². The van der Waals surface area contributed by atoms with Crippen molar-refractivity contribution in [1.29, 1.82) is 0 Å². The Bertz CT molecular complexity index is 608. The van der Waals surface area contributed by atoms with E-state index < -0.39 is 0 Å². The van der Waals surface area contributed by atoms with Crippen molar-refractivity contribution in [3.63, 3.8) is 0 Å². The predicted octanol–water partition coefficient (Wildman–Crippen LogP) is 3.14. The van der Waals surface area contributed by atoms with Crippen molar-refractivity contribution in [3.05, 3.63) is 47.4 Å². The maximum Gasteiger partial charge on any atom is 0.291 e. The molecule has 5 nitrogen and oxygen atoms in total. The number of furan rings is 1. The number of carbonyl (C=O) groups excluding carboxylic acids is 2. The normalized spacial score (nSPS) is 10.0. The van der Waals surface area contributed by atoms with Gasteiger partial charge in [-0.25, -0.2) is 0 Å². The van der Waals surface area contributed by atoms with Gasteiger partial charge in [-0.05, 0) is 30.3 Å². The van der Waals surface area contributed by atoms with E-state index in [9.17, 15) is 9.59 Å². The van der Waals surface area contributed by atoms with Gasteiger partial charge in [-0.15, -0.1) is 0 Å². The lowest BCUT2D eigenvalue weighted by Gasteiger charge is -2.08. The summed E-state index contributed by atoms with van der Waals surface area (Å²) in [4.78, 5) is 22.8. The quantitative estimate of drug-likeness (QED) is 0.906. The summed E-state index contributed by atoms with van der Waals surface area (Å²) < 4.78 is 4.98. The first-order valence-corrected chi connectivity index (χ1v) is 5.86. The molecule has 0 radical (unpaired) electrons. The van der Waals surface area contributed by atoms with Gasteiger partial charge in [0.2, 0.25) is 5.91 Å². The maximum atomic E-state index is 11.8. The van der Waals surface area contributed by atoms with Gasteiger partial charge in [0.15, 0.2) is 5.76 Å². The number of hydrogen-bond donors (Lipinski definition) is 2. The van der Waals surface area contributed by atoms with E-state index in [1.165, 1.54) is 13.2 Å². The summed E-state index contributed by atoms with van der Waals surface area (Å²) in [5.74, 6) is -0.409. The van der Waals surface area contributed by atoms with Gasteiger partial charge in [-0.2, -0.15) is 0 Å². The van der Waals surface area contributed by atoms with Crippen molar-refractivity contribution in [2.45, 2.75) is 6.92 Å². The van der Waals surface area contributed by atoms with Gasteiger partial charge >= 0.3 is 0 Å². The highest BCUT2D eigenvalue weighted by Gasteiger charge is 2.10. The summed E-state index contributed by atoms with van der Waals surface area (Å²) in [6.45, 7) is 1.38. The van der Waals surface area contributed by atoms with Crippen molar-refractivity contribution >= 4 is 34.8 Å². The molecular formula is C13H11ClN2O3. The number of hydrogen-bond acceptors (Lipinski definition) is 3. The zero-order chi connectivity index (χ0) is 13.8. The van der Waals surface area contributed by atoms with Crippen molar-refractivity contribution in [1.82, 2.24) is 0 Å². The molecular weight excluding hydrogens is 268 g/mol.